The van der Waals surface area contributed by atoms with Crippen molar-refractivity contribution in [1.29, 1.82) is 0 Å². The van der Waals surface area contributed by atoms with Gasteiger partial charge in [0.15, 0.2) is 5.76 Å². The van der Waals surface area contributed by atoms with Crippen LogP contribution in [0.1, 0.15) is 26.5 Å². The summed E-state index contributed by atoms with van der Waals surface area (Å²) in [6, 6.07) is 28.2. The summed E-state index contributed by atoms with van der Waals surface area (Å²) < 4.78 is 11.0. The largest absolute Gasteiger partial charge is 0.489 e. The molecule has 7 nitrogen and oxygen atoms in total. The topological polar surface area (TPSA) is 75.0 Å². The number of furan rings is 1. The molecular weight excluding hydrogens is 454 g/mol. The third-order valence-corrected chi connectivity index (χ3v) is 6.15. The first-order valence-corrected chi connectivity index (χ1v) is 11.9. The van der Waals surface area contributed by atoms with Gasteiger partial charge in [-0.2, -0.15) is 0 Å². The van der Waals surface area contributed by atoms with E-state index in [1.807, 2.05) is 59.5 Å². The molecule has 182 valence electrons. The van der Waals surface area contributed by atoms with Crippen molar-refractivity contribution in [2.45, 2.75) is 6.61 Å². The molecule has 1 aliphatic heterocycles. The van der Waals surface area contributed by atoms with Crippen LogP contribution in [0.25, 0.3) is 0 Å². The second kappa shape index (κ2) is 10.8. The van der Waals surface area contributed by atoms with Crippen molar-refractivity contribution in [3.8, 4) is 5.75 Å². The van der Waals surface area contributed by atoms with Gasteiger partial charge in [0.25, 0.3) is 11.8 Å². The van der Waals surface area contributed by atoms with E-state index in [1.54, 1.807) is 36.4 Å². The van der Waals surface area contributed by atoms with Gasteiger partial charge in [-0.05, 0) is 66.2 Å². The van der Waals surface area contributed by atoms with Crippen LogP contribution < -0.4 is 15.0 Å². The predicted octanol–water partition coefficient (Wildman–Crippen LogP) is 5.07. The van der Waals surface area contributed by atoms with E-state index in [0.717, 1.165) is 30.0 Å². The van der Waals surface area contributed by atoms with E-state index in [1.165, 1.54) is 6.26 Å². The van der Waals surface area contributed by atoms with Gasteiger partial charge < -0.3 is 24.3 Å². The molecule has 0 atom stereocenters. The van der Waals surface area contributed by atoms with Crippen molar-refractivity contribution in [2.75, 3.05) is 36.4 Å². The molecule has 0 bridgehead atoms. The second-order valence-electron chi connectivity index (χ2n) is 8.56. The van der Waals surface area contributed by atoms with E-state index in [-0.39, 0.29) is 11.8 Å². The molecule has 0 saturated carbocycles. The van der Waals surface area contributed by atoms with Gasteiger partial charge >= 0.3 is 0 Å². The standard InChI is InChI=1S/C29H27N3O4/c33-28(23-8-14-26(15-9-23)36-21-22-5-2-1-3-6-22)30-24-10-12-25(13-11-24)31-16-18-32(19-17-31)29(34)27-7-4-20-35-27/h1-15,20H,16-19,21H2,(H,30,33). The number of rotatable bonds is 7. The number of benzene rings is 3. The molecule has 3 aromatic carbocycles. The quantitative estimate of drug-likeness (QED) is 0.399. The molecule has 36 heavy (non-hydrogen) atoms. The normalized spacial score (nSPS) is 13.3. The average molecular weight is 482 g/mol. The summed E-state index contributed by atoms with van der Waals surface area (Å²) in [5, 5.41) is 2.94. The van der Waals surface area contributed by atoms with Crippen LogP contribution in [-0.2, 0) is 6.61 Å². The Morgan fingerprint density at radius 2 is 1.53 bits per heavy atom. The smallest absolute Gasteiger partial charge is 0.289 e. The molecule has 1 N–H and O–H groups in total. The second-order valence-corrected chi connectivity index (χ2v) is 8.56. The van der Waals surface area contributed by atoms with Gasteiger partial charge in [-0.15, -0.1) is 0 Å². The van der Waals surface area contributed by atoms with Crippen molar-refractivity contribution in [3.63, 3.8) is 0 Å². The number of nitrogens with one attached hydrogen (secondary N) is 1. The number of amides is 2. The number of nitrogens with zero attached hydrogens (tertiary/aromatic N) is 2. The highest BCUT2D eigenvalue weighted by Gasteiger charge is 2.23. The Hall–Kier alpha value is -4.52. The maximum Gasteiger partial charge on any atom is 0.289 e. The van der Waals surface area contributed by atoms with E-state index in [9.17, 15) is 9.59 Å². The van der Waals surface area contributed by atoms with Crippen molar-refractivity contribution in [1.82, 2.24) is 4.90 Å². The molecule has 0 spiro atoms. The zero-order chi connectivity index (χ0) is 24.7. The first-order valence-electron chi connectivity index (χ1n) is 11.9. The van der Waals surface area contributed by atoms with Crippen LogP contribution >= 0.6 is 0 Å². The van der Waals surface area contributed by atoms with Crippen molar-refractivity contribution >= 4 is 23.2 Å². The third-order valence-electron chi connectivity index (χ3n) is 6.15. The zero-order valence-electron chi connectivity index (χ0n) is 19.8. The third kappa shape index (κ3) is 5.58. The van der Waals surface area contributed by atoms with E-state index < -0.39 is 0 Å². The Labute approximate surface area is 209 Å². The number of ether oxygens (including phenoxy) is 1. The lowest BCUT2D eigenvalue weighted by atomic mass is 10.2. The lowest BCUT2D eigenvalue weighted by molar-refractivity contribution is 0.0714. The minimum atomic E-state index is -0.178. The minimum absolute atomic E-state index is 0.0755. The van der Waals surface area contributed by atoms with E-state index in [0.29, 0.717) is 36.8 Å². The number of carbonyl (C=O) groups is 2. The molecule has 1 saturated heterocycles. The van der Waals surface area contributed by atoms with Crippen molar-refractivity contribution < 1.29 is 18.7 Å². The summed E-state index contributed by atoms with van der Waals surface area (Å²) in [6.07, 6.45) is 1.51. The summed E-state index contributed by atoms with van der Waals surface area (Å²) in [5.41, 5.74) is 3.42. The number of hydrogen-bond donors (Lipinski definition) is 1. The minimum Gasteiger partial charge on any atom is -0.489 e. The Balaban J connectivity index is 1.11. The molecule has 4 aromatic rings. The molecule has 1 aromatic heterocycles. The highest BCUT2D eigenvalue weighted by molar-refractivity contribution is 6.04. The van der Waals surface area contributed by atoms with Gasteiger partial charge in [-0.3, -0.25) is 9.59 Å². The molecule has 0 radical (unpaired) electrons. The van der Waals surface area contributed by atoms with Gasteiger partial charge in [0.2, 0.25) is 0 Å². The van der Waals surface area contributed by atoms with Crippen molar-refractivity contribution in [3.05, 3.63) is 114 Å². The number of piperazine rings is 1. The molecular formula is C29H27N3O4. The van der Waals surface area contributed by atoms with Gasteiger partial charge in [0.1, 0.15) is 12.4 Å². The van der Waals surface area contributed by atoms with Gasteiger partial charge in [-0.25, -0.2) is 0 Å². The molecule has 2 heterocycles. The van der Waals surface area contributed by atoms with E-state index >= 15 is 0 Å². The highest BCUT2D eigenvalue weighted by Crippen LogP contribution is 2.21. The average Bonchev–Trinajstić information content (AvgIpc) is 3.48. The molecule has 1 aliphatic rings. The van der Waals surface area contributed by atoms with Crippen molar-refractivity contribution in [2.24, 2.45) is 0 Å². The monoisotopic (exact) mass is 481 g/mol. The first-order chi connectivity index (χ1) is 17.7. The zero-order valence-corrected chi connectivity index (χ0v) is 19.8. The Bertz CT molecular complexity index is 1280. The van der Waals surface area contributed by atoms with Gasteiger partial charge in [-0.1, -0.05) is 30.3 Å². The maximum absolute atomic E-state index is 12.7. The van der Waals surface area contributed by atoms with Crippen LogP contribution in [-0.4, -0.2) is 42.9 Å². The lowest BCUT2D eigenvalue weighted by Crippen LogP contribution is -2.48. The Morgan fingerprint density at radius 1 is 0.806 bits per heavy atom. The van der Waals surface area contributed by atoms with Gasteiger partial charge in [0, 0.05) is 43.1 Å². The lowest BCUT2D eigenvalue weighted by Gasteiger charge is -2.35. The molecule has 0 unspecified atom stereocenters. The Morgan fingerprint density at radius 3 is 2.19 bits per heavy atom. The fraction of sp³-hybridized carbons (Fsp3) is 0.172. The summed E-state index contributed by atoms with van der Waals surface area (Å²) >= 11 is 0. The summed E-state index contributed by atoms with van der Waals surface area (Å²) in [4.78, 5) is 29.2. The van der Waals surface area contributed by atoms with Crippen LogP contribution in [0.4, 0.5) is 11.4 Å². The van der Waals surface area contributed by atoms with Crippen LogP contribution in [0.3, 0.4) is 0 Å². The van der Waals surface area contributed by atoms with Crippen LogP contribution in [0.15, 0.2) is 102 Å². The molecule has 1 fully saturated rings. The number of anilines is 2. The maximum atomic E-state index is 12.7. The molecule has 5 rings (SSSR count). The van der Waals surface area contributed by atoms with Crippen LogP contribution in [0, 0.1) is 0 Å². The summed E-state index contributed by atoms with van der Waals surface area (Å²) in [6.45, 7) is 3.20. The summed E-state index contributed by atoms with van der Waals surface area (Å²) in [7, 11) is 0. The molecule has 7 heteroatoms. The van der Waals surface area contributed by atoms with E-state index in [4.69, 9.17) is 9.15 Å². The SMILES string of the molecule is O=C(Nc1ccc(N2CCN(C(=O)c3ccco3)CC2)cc1)c1ccc(OCc2ccccc2)cc1. The predicted molar refractivity (Wildman–Crippen MR) is 138 cm³/mol. The van der Waals surface area contributed by atoms with E-state index in [2.05, 4.69) is 10.2 Å². The summed E-state index contributed by atoms with van der Waals surface area (Å²) in [5.74, 6) is 0.833. The highest BCUT2D eigenvalue weighted by atomic mass is 16.5. The Kier molecular flexibility index (Phi) is 6.98. The fourth-order valence-electron chi connectivity index (χ4n) is 4.13. The van der Waals surface area contributed by atoms with Crippen LogP contribution in [0.5, 0.6) is 5.75 Å². The number of hydrogen-bond acceptors (Lipinski definition) is 5. The number of carbonyl (C=O) groups excluding carboxylic acids is 2. The first kappa shape index (κ1) is 23.2. The fourth-order valence-corrected chi connectivity index (χ4v) is 4.13. The molecule has 0 aliphatic carbocycles. The van der Waals surface area contributed by atoms with Crippen LogP contribution in [0.2, 0.25) is 0 Å². The molecule has 2 amide bonds. The van der Waals surface area contributed by atoms with Gasteiger partial charge in [0.05, 0.1) is 6.26 Å².